The third-order valence-corrected chi connectivity index (χ3v) is 6.24. The average molecular weight is 479 g/mol. The van der Waals surface area contributed by atoms with Crippen molar-refractivity contribution in [3.8, 4) is 11.4 Å². The highest BCUT2D eigenvalue weighted by atomic mass is 35.5. The fourth-order valence-electron chi connectivity index (χ4n) is 4.28. The van der Waals surface area contributed by atoms with Crippen molar-refractivity contribution in [3.05, 3.63) is 63.5 Å². The van der Waals surface area contributed by atoms with E-state index < -0.39 is 5.97 Å². The van der Waals surface area contributed by atoms with Gasteiger partial charge in [0.1, 0.15) is 17.9 Å². The third-order valence-electron chi connectivity index (χ3n) is 6.01. The van der Waals surface area contributed by atoms with Crippen LogP contribution in [0.4, 0.5) is 0 Å². The molecule has 0 radical (unpaired) electrons. The lowest BCUT2D eigenvalue weighted by molar-refractivity contribution is -0.137. The topological polar surface area (TPSA) is 129 Å². The van der Waals surface area contributed by atoms with Crippen molar-refractivity contribution >= 4 is 30.0 Å². The minimum absolute atomic E-state index is 0. The Labute approximate surface area is 195 Å². The summed E-state index contributed by atoms with van der Waals surface area (Å²) in [5.74, 6) is -1.01. The number of carbonyl (C=O) groups is 1. The fourth-order valence-corrected chi connectivity index (χ4v) is 4.47. The third kappa shape index (κ3) is 4.85. The molecule has 0 amide bonds. The van der Waals surface area contributed by atoms with Crippen LogP contribution in [0.15, 0.2) is 47.4 Å². The maximum Gasteiger partial charge on any atom is 0.325 e. The second kappa shape index (κ2) is 9.81. The number of aromatic nitrogens is 5. The lowest BCUT2D eigenvalue weighted by Gasteiger charge is -2.40. The predicted octanol–water partition coefficient (Wildman–Crippen LogP) is 2.67. The molecule has 0 atom stereocenters. The Balaban J connectivity index is 0.00000289. The van der Waals surface area contributed by atoms with Crippen LogP contribution in [0.2, 0.25) is 5.02 Å². The molecular formula is C21H24Cl2N6O3. The van der Waals surface area contributed by atoms with E-state index in [1.54, 1.807) is 6.07 Å². The van der Waals surface area contributed by atoms with Gasteiger partial charge in [0.2, 0.25) is 0 Å². The number of benzene rings is 1. The maximum absolute atomic E-state index is 12.5. The monoisotopic (exact) mass is 478 g/mol. The number of nitrogens with two attached hydrogens (primary N) is 1. The molecule has 1 aromatic carbocycles. The number of carboxylic acid groups (broad SMARTS) is 1. The van der Waals surface area contributed by atoms with Gasteiger partial charge in [-0.25, -0.2) is 9.36 Å². The van der Waals surface area contributed by atoms with E-state index in [4.69, 9.17) is 22.4 Å². The van der Waals surface area contributed by atoms with Gasteiger partial charge in [-0.15, -0.1) is 17.5 Å². The molecule has 11 heteroatoms. The molecular weight excluding hydrogens is 455 g/mol. The van der Waals surface area contributed by atoms with Crippen molar-refractivity contribution in [2.45, 2.75) is 43.7 Å². The Morgan fingerprint density at radius 3 is 2.62 bits per heavy atom. The maximum atomic E-state index is 12.5. The fraction of sp³-hybridized carbons (Fsp3) is 0.381. The predicted molar refractivity (Wildman–Crippen MR) is 122 cm³/mol. The van der Waals surface area contributed by atoms with Crippen LogP contribution in [0, 0.1) is 0 Å². The summed E-state index contributed by atoms with van der Waals surface area (Å²) in [7, 11) is 0. The minimum atomic E-state index is -1.01. The van der Waals surface area contributed by atoms with Crippen molar-refractivity contribution < 1.29 is 9.90 Å². The Hall–Kier alpha value is -2.75. The van der Waals surface area contributed by atoms with Crippen LogP contribution in [0.25, 0.3) is 11.4 Å². The van der Waals surface area contributed by atoms with Gasteiger partial charge in [0.25, 0.3) is 5.56 Å². The lowest BCUT2D eigenvalue weighted by atomic mass is 9.68. The lowest BCUT2D eigenvalue weighted by Crippen LogP contribution is -2.41. The Bertz CT molecular complexity index is 1150. The molecule has 2 aromatic heterocycles. The van der Waals surface area contributed by atoms with Gasteiger partial charge >= 0.3 is 5.97 Å². The van der Waals surface area contributed by atoms with Crippen molar-refractivity contribution in [2.75, 3.05) is 6.54 Å². The molecule has 0 unspecified atom stereocenters. The first-order chi connectivity index (χ1) is 14.9. The SMILES string of the molecule is Cl.NCC1(c2cccc(Cl)c2)CCC(n2nc(-c3cn(CC(=O)O)nn3)ccc2=O)CC1. The Morgan fingerprint density at radius 2 is 1.97 bits per heavy atom. The molecule has 1 saturated carbocycles. The smallest absolute Gasteiger partial charge is 0.325 e. The van der Waals surface area contributed by atoms with E-state index in [0.717, 1.165) is 31.2 Å². The largest absolute Gasteiger partial charge is 0.480 e. The zero-order valence-electron chi connectivity index (χ0n) is 17.2. The summed E-state index contributed by atoms with van der Waals surface area (Å²) >= 11 is 6.19. The van der Waals surface area contributed by atoms with E-state index in [9.17, 15) is 9.59 Å². The number of aliphatic carboxylic acids is 1. The summed E-state index contributed by atoms with van der Waals surface area (Å²) < 4.78 is 2.72. The molecule has 0 aliphatic heterocycles. The molecule has 2 heterocycles. The van der Waals surface area contributed by atoms with E-state index in [0.29, 0.717) is 23.0 Å². The van der Waals surface area contributed by atoms with Gasteiger partial charge in [-0.05, 0) is 49.4 Å². The number of halogens is 2. The molecule has 0 bridgehead atoms. The van der Waals surface area contributed by atoms with Gasteiger partial charge in [-0.2, -0.15) is 5.10 Å². The number of hydrogen-bond donors (Lipinski definition) is 2. The van der Waals surface area contributed by atoms with Crippen molar-refractivity contribution in [1.29, 1.82) is 0 Å². The number of nitrogens with zero attached hydrogens (tertiary/aromatic N) is 5. The standard InChI is InChI=1S/C21H23ClN6O3.ClH/c22-15-3-1-2-14(10-15)21(13-23)8-6-16(7-9-21)28-19(29)5-4-17(25-28)18-11-27(26-24-18)12-20(30)31;/h1-5,10-11,16H,6-9,12-13,23H2,(H,30,31);1H. The number of rotatable bonds is 6. The van der Waals surface area contributed by atoms with Gasteiger partial charge in [0.15, 0.2) is 0 Å². The Morgan fingerprint density at radius 1 is 1.22 bits per heavy atom. The van der Waals surface area contributed by atoms with Crippen LogP contribution < -0.4 is 11.3 Å². The highest BCUT2D eigenvalue weighted by molar-refractivity contribution is 6.30. The van der Waals surface area contributed by atoms with Crippen LogP contribution in [-0.2, 0) is 16.8 Å². The van der Waals surface area contributed by atoms with Gasteiger partial charge in [0.05, 0.1) is 12.2 Å². The normalized spacial score (nSPS) is 20.5. The molecule has 9 nitrogen and oxygen atoms in total. The van der Waals surface area contributed by atoms with Gasteiger partial charge in [-0.1, -0.05) is 28.9 Å². The summed E-state index contributed by atoms with van der Waals surface area (Å²) in [6.45, 7) is 0.217. The highest BCUT2D eigenvalue weighted by Gasteiger charge is 2.37. The molecule has 1 fully saturated rings. The summed E-state index contributed by atoms with van der Waals surface area (Å²) in [4.78, 5) is 23.4. The van der Waals surface area contributed by atoms with Crippen molar-refractivity contribution in [1.82, 2.24) is 24.8 Å². The molecule has 170 valence electrons. The van der Waals surface area contributed by atoms with E-state index in [2.05, 4.69) is 21.5 Å². The van der Waals surface area contributed by atoms with Crippen LogP contribution >= 0.6 is 24.0 Å². The van der Waals surface area contributed by atoms with E-state index >= 15 is 0 Å². The zero-order valence-corrected chi connectivity index (χ0v) is 18.8. The first kappa shape index (κ1) is 23.9. The number of carboxylic acids is 1. The molecule has 3 N–H and O–H groups in total. The molecule has 32 heavy (non-hydrogen) atoms. The summed E-state index contributed by atoms with van der Waals surface area (Å²) in [6.07, 6.45) is 4.66. The van der Waals surface area contributed by atoms with Crippen molar-refractivity contribution in [2.24, 2.45) is 5.73 Å². The molecule has 0 saturated heterocycles. The summed E-state index contributed by atoms with van der Waals surface area (Å²) in [6, 6.07) is 10.8. The van der Waals surface area contributed by atoms with Crippen LogP contribution in [0.5, 0.6) is 0 Å². The highest BCUT2D eigenvalue weighted by Crippen LogP contribution is 2.42. The molecule has 3 aromatic rings. The average Bonchev–Trinajstić information content (AvgIpc) is 3.22. The van der Waals surface area contributed by atoms with Crippen LogP contribution in [0.3, 0.4) is 0 Å². The van der Waals surface area contributed by atoms with Crippen molar-refractivity contribution in [3.63, 3.8) is 0 Å². The molecule has 1 aliphatic carbocycles. The van der Waals surface area contributed by atoms with E-state index in [-0.39, 0.29) is 36.0 Å². The molecule has 4 rings (SSSR count). The first-order valence-electron chi connectivity index (χ1n) is 10.1. The van der Waals surface area contributed by atoms with E-state index in [1.807, 2.05) is 18.2 Å². The van der Waals surface area contributed by atoms with Gasteiger partial charge in [0, 0.05) is 23.0 Å². The zero-order chi connectivity index (χ0) is 22.0. The molecule has 1 aliphatic rings. The quantitative estimate of drug-likeness (QED) is 0.556. The first-order valence-corrected chi connectivity index (χ1v) is 10.5. The van der Waals surface area contributed by atoms with E-state index in [1.165, 1.54) is 21.6 Å². The van der Waals surface area contributed by atoms with Crippen LogP contribution in [-0.4, -0.2) is 42.4 Å². The van der Waals surface area contributed by atoms with Crippen LogP contribution in [0.1, 0.15) is 37.3 Å². The molecule has 0 spiro atoms. The van der Waals surface area contributed by atoms with Gasteiger partial charge in [-0.3, -0.25) is 9.59 Å². The summed E-state index contributed by atoms with van der Waals surface area (Å²) in [5.41, 5.74) is 7.86. The second-order valence-electron chi connectivity index (χ2n) is 7.92. The number of hydrogen-bond acceptors (Lipinski definition) is 6. The van der Waals surface area contributed by atoms with Gasteiger partial charge < -0.3 is 10.8 Å². The minimum Gasteiger partial charge on any atom is -0.480 e. The summed E-state index contributed by atoms with van der Waals surface area (Å²) in [5, 5.41) is 21.9. The Kier molecular flexibility index (Phi) is 7.33. The second-order valence-corrected chi connectivity index (χ2v) is 8.36.